The van der Waals surface area contributed by atoms with Crippen molar-refractivity contribution in [3.63, 3.8) is 0 Å². The van der Waals surface area contributed by atoms with Crippen LogP contribution in [0.3, 0.4) is 0 Å². The van der Waals surface area contributed by atoms with Gasteiger partial charge in [0.15, 0.2) is 5.78 Å². The zero-order valence-corrected chi connectivity index (χ0v) is 11.8. The lowest BCUT2D eigenvalue weighted by atomic mass is 9.90. The number of hydrogen-bond acceptors (Lipinski definition) is 3. The van der Waals surface area contributed by atoms with Crippen molar-refractivity contribution in [2.45, 2.75) is 27.7 Å². The lowest BCUT2D eigenvalue weighted by molar-refractivity contribution is -0.386. The summed E-state index contributed by atoms with van der Waals surface area (Å²) < 4.78 is 0. The van der Waals surface area contributed by atoms with E-state index in [1.165, 1.54) is 0 Å². The number of hydrogen-bond donors (Lipinski definition) is 0. The fraction of sp³-hybridized carbons (Fsp3) is 0.417. The van der Waals surface area contributed by atoms with Crippen LogP contribution in [0.4, 0.5) is 5.69 Å². The van der Waals surface area contributed by atoms with Gasteiger partial charge in [-0.25, -0.2) is 0 Å². The molecule has 0 saturated heterocycles. The molecule has 1 aromatic rings. The van der Waals surface area contributed by atoms with E-state index in [9.17, 15) is 14.9 Å². The Bertz CT molecular complexity index is 480. The number of carbonyl (C=O) groups is 1. The Labute approximate surface area is 108 Å². The predicted molar refractivity (Wildman–Crippen MR) is 70.2 cm³/mol. The highest BCUT2D eigenvalue weighted by molar-refractivity contribution is 9.09. The standard InChI is InChI=1S/C12H14BrNO3/c1-6-8(3)12(14(16)17)9(4)7(2)11(6)10(15)5-13/h5H2,1-4H3. The maximum Gasteiger partial charge on any atom is 0.275 e. The van der Waals surface area contributed by atoms with E-state index in [1.807, 2.05) is 0 Å². The average Bonchev–Trinajstić information content (AvgIpc) is 2.26. The molecule has 0 fully saturated rings. The summed E-state index contributed by atoms with van der Waals surface area (Å²) in [5.41, 5.74) is 3.26. The fourth-order valence-electron chi connectivity index (χ4n) is 2.05. The number of carbonyl (C=O) groups excluding carboxylic acids is 1. The Morgan fingerprint density at radius 1 is 1.12 bits per heavy atom. The van der Waals surface area contributed by atoms with E-state index in [2.05, 4.69) is 15.9 Å². The van der Waals surface area contributed by atoms with Crippen LogP contribution in [-0.2, 0) is 0 Å². The molecule has 0 radical (unpaired) electrons. The monoisotopic (exact) mass is 299 g/mol. The number of halogens is 1. The molecule has 0 aliphatic carbocycles. The summed E-state index contributed by atoms with van der Waals surface area (Å²) in [6.07, 6.45) is 0. The first-order valence-corrected chi connectivity index (χ1v) is 6.29. The van der Waals surface area contributed by atoms with Gasteiger partial charge in [0.2, 0.25) is 0 Å². The first-order chi connectivity index (χ1) is 7.82. The highest BCUT2D eigenvalue weighted by atomic mass is 79.9. The first kappa shape index (κ1) is 13.8. The minimum absolute atomic E-state index is 0.0407. The Morgan fingerprint density at radius 2 is 1.53 bits per heavy atom. The maximum absolute atomic E-state index is 11.8. The number of benzene rings is 1. The molecular weight excluding hydrogens is 286 g/mol. The van der Waals surface area contributed by atoms with Crippen LogP contribution in [0.25, 0.3) is 0 Å². The highest BCUT2D eigenvalue weighted by Crippen LogP contribution is 2.32. The van der Waals surface area contributed by atoms with E-state index in [0.717, 1.165) is 0 Å². The molecule has 0 aromatic heterocycles. The first-order valence-electron chi connectivity index (χ1n) is 5.16. The fourth-order valence-corrected chi connectivity index (χ4v) is 2.33. The van der Waals surface area contributed by atoms with Gasteiger partial charge in [-0.3, -0.25) is 14.9 Å². The molecule has 92 valence electrons. The molecule has 0 aliphatic rings. The predicted octanol–water partition coefficient (Wildman–Crippen LogP) is 3.41. The van der Waals surface area contributed by atoms with Crippen LogP contribution in [0.1, 0.15) is 32.6 Å². The van der Waals surface area contributed by atoms with Crippen LogP contribution in [0.5, 0.6) is 0 Å². The largest absolute Gasteiger partial charge is 0.293 e. The number of rotatable bonds is 3. The molecule has 1 rings (SSSR count). The van der Waals surface area contributed by atoms with Crippen molar-refractivity contribution in [3.8, 4) is 0 Å². The Morgan fingerprint density at radius 3 is 1.82 bits per heavy atom. The molecular formula is C12H14BrNO3. The van der Waals surface area contributed by atoms with Crippen LogP contribution in [-0.4, -0.2) is 16.0 Å². The van der Waals surface area contributed by atoms with Gasteiger partial charge < -0.3 is 0 Å². The number of nitro groups is 1. The lowest BCUT2D eigenvalue weighted by Gasteiger charge is -2.14. The number of Topliss-reactive ketones (excluding diaryl/α,β-unsaturated/α-hetero) is 1. The van der Waals surface area contributed by atoms with Gasteiger partial charge in [0.1, 0.15) is 0 Å². The summed E-state index contributed by atoms with van der Waals surface area (Å²) in [6.45, 7) is 6.88. The summed E-state index contributed by atoms with van der Waals surface area (Å²) in [5.74, 6) is -0.0407. The number of nitro benzene ring substituents is 1. The van der Waals surface area contributed by atoms with Gasteiger partial charge in [-0.1, -0.05) is 15.9 Å². The van der Waals surface area contributed by atoms with E-state index >= 15 is 0 Å². The summed E-state index contributed by atoms with van der Waals surface area (Å²) in [5, 5.41) is 11.2. The molecule has 17 heavy (non-hydrogen) atoms. The van der Waals surface area contributed by atoms with E-state index in [-0.39, 0.29) is 21.7 Å². The lowest BCUT2D eigenvalue weighted by Crippen LogP contribution is -2.11. The molecule has 0 heterocycles. The van der Waals surface area contributed by atoms with Gasteiger partial charge in [0.25, 0.3) is 5.69 Å². The average molecular weight is 300 g/mol. The minimum Gasteiger partial charge on any atom is -0.293 e. The third-order valence-electron chi connectivity index (χ3n) is 3.17. The second-order valence-corrected chi connectivity index (χ2v) is 4.60. The van der Waals surface area contributed by atoms with Crippen molar-refractivity contribution in [1.29, 1.82) is 0 Å². The number of alkyl halides is 1. The van der Waals surface area contributed by atoms with Crippen LogP contribution in [0.15, 0.2) is 0 Å². The third kappa shape index (κ3) is 2.24. The molecule has 0 amide bonds. The Kier molecular flexibility index (Phi) is 4.03. The topological polar surface area (TPSA) is 60.2 Å². The van der Waals surface area contributed by atoms with Crippen LogP contribution >= 0.6 is 15.9 Å². The molecule has 0 atom stereocenters. The van der Waals surface area contributed by atoms with E-state index < -0.39 is 0 Å². The second-order valence-electron chi connectivity index (χ2n) is 4.04. The van der Waals surface area contributed by atoms with Crippen molar-refractivity contribution in [3.05, 3.63) is 37.9 Å². The van der Waals surface area contributed by atoms with Gasteiger partial charge in [-0.05, 0) is 38.8 Å². The summed E-state index contributed by atoms with van der Waals surface area (Å²) in [4.78, 5) is 22.5. The number of ketones is 1. The maximum atomic E-state index is 11.8. The summed E-state index contributed by atoms with van der Waals surface area (Å²) in [7, 11) is 0. The van der Waals surface area contributed by atoms with E-state index in [4.69, 9.17) is 0 Å². The summed E-state index contributed by atoms with van der Waals surface area (Å²) in [6, 6.07) is 0. The minimum atomic E-state index is -0.382. The van der Waals surface area contributed by atoms with Gasteiger partial charge >= 0.3 is 0 Å². The number of nitrogens with zero attached hydrogens (tertiary/aromatic N) is 1. The molecule has 0 N–H and O–H groups in total. The molecule has 0 saturated carbocycles. The Hall–Kier alpha value is -1.23. The zero-order valence-electron chi connectivity index (χ0n) is 10.3. The van der Waals surface area contributed by atoms with E-state index in [1.54, 1.807) is 27.7 Å². The van der Waals surface area contributed by atoms with Crippen LogP contribution < -0.4 is 0 Å². The highest BCUT2D eigenvalue weighted by Gasteiger charge is 2.24. The molecule has 0 aliphatic heterocycles. The van der Waals surface area contributed by atoms with Crippen molar-refractivity contribution in [1.82, 2.24) is 0 Å². The quantitative estimate of drug-likeness (QED) is 0.372. The van der Waals surface area contributed by atoms with Gasteiger partial charge in [-0.15, -0.1) is 0 Å². The molecule has 0 unspecified atom stereocenters. The molecule has 0 spiro atoms. The van der Waals surface area contributed by atoms with Gasteiger partial charge in [0.05, 0.1) is 10.3 Å². The van der Waals surface area contributed by atoms with Crippen molar-refractivity contribution in [2.75, 3.05) is 5.33 Å². The molecule has 0 bridgehead atoms. The molecule has 1 aromatic carbocycles. The second kappa shape index (κ2) is 4.96. The SMILES string of the molecule is Cc1c(C)c([N+](=O)[O-])c(C)c(C)c1C(=O)CBr. The third-order valence-corrected chi connectivity index (χ3v) is 3.68. The van der Waals surface area contributed by atoms with Crippen LogP contribution in [0, 0.1) is 37.8 Å². The smallest absolute Gasteiger partial charge is 0.275 e. The summed E-state index contributed by atoms with van der Waals surface area (Å²) >= 11 is 3.13. The molecule has 5 heteroatoms. The van der Waals surface area contributed by atoms with Gasteiger partial charge in [0, 0.05) is 16.7 Å². The van der Waals surface area contributed by atoms with Crippen LogP contribution in [0.2, 0.25) is 0 Å². The zero-order chi connectivity index (χ0) is 13.3. The van der Waals surface area contributed by atoms with E-state index in [0.29, 0.717) is 27.8 Å². The molecule has 4 nitrogen and oxygen atoms in total. The van der Waals surface area contributed by atoms with Crippen molar-refractivity contribution >= 4 is 27.4 Å². The normalized spacial score (nSPS) is 10.4. The Balaban J connectivity index is 3.70. The van der Waals surface area contributed by atoms with Crippen molar-refractivity contribution < 1.29 is 9.72 Å². The van der Waals surface area contributed by atoms with Crippen molar-refractivity contribution in [2.24, 2.45) is 0 Å². The van der Waals surface area contributed by atoms with Gasteiger partial charge in [-0.2, -0.15) is 0 Å².